The highest BCUT2D eigenvalue weighted by Crippen LogP contribution is 2.22. The Balaban J connectivity index is 5.23. The fourth-order valence-corrected chi connectivity index (χ4v) is 5.35. The molecule has 0 aliphatic rings. The first kappa shape index (κ1) is 42.0. The van der Waals surface area contributed by atoms with E-state index >= 15 is 0 Å². The van der Waals surface area contributed by atoms with Crippen LogP contribution in [0.25, 0.3) is 0 Å². The van der Waals surface area contributed by atoms with Gasteiger partial charge in [0.1, 0.15) is 0 Å². The predicted octanol–water partition coefficient (Wildman–Crippen LogP) is 8.49. The van der Waals surface area contributed by atoms with Crippen LogP contribution in [-0.4, -0.2) is 80.5 Å². The molecule has 0 aromatic carbocycles. The Kier molecular flexibility index (Phi) is 26.0. The summed E-state index contributed by atoms with van der Waals surface area (Å²) in [6, 6.07) is 0.159. The van der Waals surface area contributed by atoms with Gasteiger partial charge in [0, 0.05) is 25.4 Å². The summed E-state index contributed by atoms with van der Waals surface area (Å²) in [4.78, 5) is 40.5. The number of esters is 2. The lowest BCUT2D eigenvalue weighted by molar-refractivity contribution is -0.164. The molecule has 0 heterocycles. The summed E-state index contributed by atoms with van der Waals surface area (Å²) in [6.45, 7) is 5.09. The maximum Gasteiger partial charge on any atom is 0.381 e. The maximum atomic E-state index is 13.9. The highest BCUT2D eigenvalue weighted by atomic mass is 19.3. The summed E-state index contributed by atoms with van der Waals surface area (Å²) in [5.41, 5.74) is 0. The van der Waals surface area contributed by atoms with E-state index in [0.717, 1.165) is 57.9 Å². The fourth-order valence-electron chi connectivity index (χ4n) is 5.35. The van der Waals surface area contributed by atoms with E-state index in [1.807, 2.05) is 14.1 Å². The van der Waals surface area contributed by atoms with Crippen molar-refractivity contribution in [1.82, 2.24) is 9.80 Å². The van der Waals surface area contributed by atoms with Crippen molar-refractivity contribution in [3.8, 4) is 0 Å². The second kappa shape index (κ2) is 27.3. The van der Waals surface area contributed by atoms with Gasteiger partial charge in [0.15, 0.2) is 0 Å². The normalized spacial score (nSPS) is 12.5. The van der Waals surface area contributed by atoms with Crippen LogP contribution in [-0.2, 0) is 23.9 Å². The van der Waals surface area contributed by atoms with Gasteiger partial charge in [0.05, 0.1) is 13.7 Å². The van der Waals surface area contributed by atoms with Crippen LogP contribution in [0.1, 0.15) is 142 Å². The van der Waals surface area contributed by atoms with E-state index in [4.69, 9.17) is 4.74 Å². The van der Waals surface area contributed by atoms with E-state index in [0.29, 0.717) is 44.7 Å². The Morgan fingerprint density at radius 3 is 1.91 bits per heavy atom. The summed E-state index contributed by atoms with van der Waals surface area (Å²) in [5, 5.41) is 0. The van der Waals surface area contributed by atoms with Crippen molar-refractivity contribution in [2.24, 2.45) is 0 Å². The molecule has 0 aromatic rings. The SMILES string of the molecule is CCCCCCCCCCC(CCCCCCC(=O)OC)N(CCCC/C=C/C(F)(F)C(=O)OCC)C(=O)CCCN(C)C. The standard InChI is InChI=1S/C35H64F2N2O5/c1-6-8-9-10-11-12-13-18-24-31(25-19-14-15-20-27-33(41)43-5)39(32(40)26-23-29-38(3)4)30-22-17-16-21-28-35(36,37)34(42)44-7-2/h21,28,31H,6-20,22-27,29-30H2,1-5H3/b28-21+. The summed E-state index contributed by atoms with van der Waals surface area (Å²) in [7, 11) is 5.43. The number of hydrogen-bond acceptors (Lipinski definition) is 6. The molecule has 0 aliphatic heterocycles. The lowest BCUT2D eigenvalue weighted by Gasteiger charge is -2.33. The molecule has 0 bridgehead atoms. The maximum absolute atomic E-state index is 13.9. The first-order valence-electron chi connectivity index (χ1n) is 17.3. The minimum Gasteiger partial charge on any atom is -0.469 e. The van der Waals surface area contributed by atoms with E-state index in [9.17, 15) is 23.2 Å². The molecule has 44 heavy (non-hydrogen) atoms. The molecule has 0 aromatic heterocycles. The van der Waals surface area contributed by atoms with Crippen LogP contribution in [0.15, 0.2) is 12.2 Å². The zero-order valence-corrected chi connectivity index (χ0v) is 28.7. The van der Waals surface area contributed by atoms with Crippen molar-refractivity contribution < 1.29 is 32.6 Å². The number of nitrogens with zero attached hydrogens (tertiary/aromatic N) is 2. The summed E-state index contributed by atoms with van der Waals surface area (Å²) >= 11 is 0. The van der Waals surface area contributed by atoms with E-state index < -0.39 is 11.9 Å². The third-order valence-electron chi connectivity index (χ3n) is 7.94. The molecule has 1 atom stereocenters. The van der Waals surface area contributed by atoms with Crippen LogP contribution in [0.2, 0.25) is 0 Å². The number of hydrogen-bond donors (Lipinski definition) is 0. The van der Waals surface area contributed by atoms with Gasteiger partial charge >= 0.3 is 17.9 Å². The third kappa shape index (κ3) is 22.5. The van der Waals surface area contributed by atoms with Crippen LogP contribution in [0, 0.1) is 0 Å². The van der Waals surface area contributed by atoms with Crippen LogP contribution in [0.4, 0.5) is 8.78 Å². The molecule has 0 aliphatic carbocycles. The highest BCUT2D eigenvalue weighted by molar-refractivity contribution is 5.79. The van der Waals surface area contributed by atoms with Crippen molar-refractivity contribution in [2.75, 3.05) is 40.9 Å². The quantitative estimate of drug-likeness (QED) is 0.0469. The number of amides is 1. The number of alkyl halides is 2. The van der Waals surface area contributed by atoms with Gasteiger partial charge in [-0.15, -0.1) is 0 Å². The predicted molar refractivity (Wildman–Crippen MR) is 175 cm³/mol. The van der Waals surface area contributed by atoms with Gasteiger partial charge in [-0.25, -0.2) is 4.79 Å². The first-order chi connectivity index (χ1) is 21.1. The second-order valence-corrected chi connectivity index (χ2v) is 12.2. The van der Waals surface area contributed by atoms with Crippen molar-refractivity contribution in [3.05, 3.63) is 12.2 Å². The number of methoxy groups -OCH3 is 1. The summed E-state index contributed by atoms with van der Waals surface area (Å²) in [5.74, 6) is -5.15. The highest BCUT2D eigenvalue weighted by Gasteiger charge is 2.37. The molecule has 7 nitrogen and oxygen atoms in total. The van der Waals surface area contributed by atoms with Crippen molar-refractivity contribution in [3.63, 3.8) is 0 Å². The zero-order chi connectivity index (χ0) is 33.1. The van der Waals surface area contributed by atoms with E-state index in [1.54, 1.807) is 0 Å². The molecule has 0 N–H and O–H groups in total. The molecule has 0 saturated heterocycles. The Morgan fingerprint density at radius 2 is 1.34 bits per heavy atom. The molecule has 0 fully saturated rings. The molecule has 1 amide bonds. The molecular weight excluding hydrogens is 566 g/mol. The second-order valence-electron chi connectivity index (χ2n) is 12.2. The summed E-state index contributed by atoms with van der Waals surface area (Å²) in [6.07, 6.45) is 21.0. The van der Waals surface area contributed by atoms with Crippen LogP contribution in [0.5, 0.6) is 0 Å². The Morgan fingerprint density at radius 1 is 0.750 bits per heavy atom. The number of halogens is 2. The Bertz CT molecular complexity index is 776. The van der Waals surface area contributed by atoms with Gasteiger partial charge in [-0.05, 0) is 78.6 Å². The molecular formula is C35H64F2N2O5. The lowest BCUT2D eigenvalue weighted by atomic mass is 9.97. The number of ether oxygens (including phenoxy) is 2. The van der Waals surface area contributed by atoms with Gasteiger partial charge in [-0.3, -0.25) is 9.59 Å². The molecule has 9 heteroatoms. The molecule has 1 unspecified atom stereocenters. The molecule has 0 saturated carbocycles. The molecule has 0 spiro atoms. The number of rotatable bonds is 29. The van der Waals surface area contributed by atoms with Crippen molar-refractivity contribution in [2.45, 2.75) is 154 Å². The number of allylic oxidation sites excluding steroid dienone is 1. The van der Waals surface area contributed by atoms with E-state index in [-0.39, 0.29) is 24.5 Å². The van der Waals surface area contributed by atoms with Gasteiger partial charge in [-0.1, -0.05) is 83.6 Å². The minimum atomic E-state index is -3.62. The average Bonchev–Trinajstić information content (AvgIpc) is 2.98. The number of carbonyl (C=O) groups excluding carboxylic acids is 3. The Labute approximate surface area is 267 Å². The molecule has 0 radical (unpaired) electrons. The molecule has 0 rings (SSSR count). The smallest absolute Gasteiger partial charge is 0.381 e. The number of carbonyl (C=O) groups is 3. The summed E-state index contributed by atoms with van der Waals surface area (Å²) < 4.78 is 37.0. The van der Waals surface area contributed by atoms with Crippen molar-refractivity contribution in [1.29, 1.82) is 0 Å². The average molecular weight is 631 g/mol. The zero-order valence-electron chi connectivity index (χ0n) is 28.7. The van der Waals surface area contributed by atoms with Gasteiger partial charge in [-0.2, -0.15) is 8.78 Å². The largest absolute Gasteiger partial charge is 0.469 e. The van der Waals surface area contributed by atoms with Crippen LogP contribution >= 0.6 is 0 Å². The minimum absolute atomic E-state index is 0.0890. The fraction of sp³-hybridized carbons (Fsp3) is 0.857. The van der Waals surface area contributed by atoms with E-state index in [1.165, 1.54) is 65.1 Å². The van der Waals surface area contributed by atoms with Crippen molar-refractivity contribution >= 4 is 17.8 Å². The molecule has 258 valence electrons. The topological polar surface area (TPSA) is 76.1 Å². The number of unbranched alkanes of at least 4 members (excludes halogenated alkanes) is 12. The van der Waals surface area contributed by atoms with Crippen LogP contribution < -0.4 is 0 Å². The third-order valence-corrected chi connectivity index (χ3v) is 7.94. The first-order valence-corrected chi connectivity index (χ1v) is 17.3. The van der Waals surface area contributed by atoms with E-state index in [2.05, 4.69) is 21.5 Å². The Hall–Kier alpha value is -2.03. The lowest BCUT2D eigenvalue weighted by Crippen LogP contribution is -2.41. The van der Waals surface area contributed by atoms with Gasteiger partial charge in [0.2, 0.25) is 5.91 Å². The van der Waals surface area contributed by atoms with Gasteiger partial charge < -0.3 is 19.3 Å². The van der Waals surface area contributed by atoms with Gasteiger partial charge in [0.25, 0.3) is 0 Å². The monoisotopic (exact) mass is 630 g/mol. The van der Waals surface area contributed by atoms with Crippen LogP contribution in [0.3, 0.4) is 0 Å².